The number of hydrogen-bond donors (Lipinski definition) is 1. The van der Waals surface area contributed by atoms with Crippen molar-refractivity contribution in [3.05, 3.63) is 29.8 Å². The van der Waals surface area contributed by atoms with Crippen LogP contribution in [0, 0.1) is 5.41 Å². The number of thioether (sulfide) groups is 1. The van der Waals surface area contributed by atoms with Gasteiger partial charge < -0.3 is 5.32 Å². The van der Waals surface area contributed by atoms with E-state index in [1.807, 2.05) is 11.8 Å². The Morgan fingerprint density at radius 2 is 2.06 bits per heavy atom. The second-order valence-corrected chi connectivity index (χ2v) is 6.88. The van der Waals surface area contributed by atoms with E-state index in [0.29, 0.717) is 5.41 Å². The van der Waals surface area contributed by atoms with Gasteiger partial charge in [0.1, 0.15) is 0 Å². The van der Waals surface area contributed by atoms with Gasteiger partial charge in [-0.25, -0.2) is 0 Å². The summed E-state index contributed by atoms with van der Waals surface area (Å²) < 4.78 is 0. The van der Waals surface area contributed by atoms with Crippen molar-refractivity contribution >= 4 is 11.8 Å². The van der Waals surface area contributed by atoms with Crippen LogP contribution < -0.4 is 5.32 Å². The van der Waals surface area contributed by atoms with Crippen molar-refractivity contribution in [3.8, 4) is 0 Å². The molecule has 1 unspecified atom stereocenters. The zero-order chi connectivity index (χ0) is 11.7. The van der Waals surface area contributed by atoms with Crippen LogP contribution in [0.2, 0.25) is 0 Å². The Hall–Kier alpha value is -0.470. The number of nitrogens with one attached hydrogen (secondary N) is 1. The molecule has 92 valence electrons. The lowest BCUT2D eigenvalue weighted by molar-refractivity contribution is 0.175. The van der Waals surface area contributed by atoms with Gasteiger partial charge in [-0.1, -0.05) is 19.1 Å². The summed E-state index contributed by atoms with van der Waals surface area (Å²) in [6.45, 7) is 4.73. The predicted molar refractivity (Wildman–Crippen MR) is 74.7 cm³/mol. The van der Waals surface area contributed by atoms with Gasteiger partial charge in [-0.05, 0) is 54.0 Å². The van der Waals surface area contributed by atoms with E-state index in [1.54, 1.807) is 5.56 Å². The van der Waals surface area contributed by atoms with Gasteiger partial charge in [0.25, 0.3) is 0 Å². The first-order valence-electron chi connectivity index (χ1n) is 6.75. The van der Waals surface area contributed by atoms with Gasteiger partial charge in [-0.3, -0.25) is 0 Å². The Morgan fingerprint density at radius 1 is 1.29 bits per heavy atom. The van der Waals surface area contributed by atoms with E-state index in [4.69, 9.17) is 0 Å². The predicted octanol–water partition coefficient (Wildman–Crippen LogP) is 3.66. The summed E-state index contributed by atoms with van der Waals surface area (Å²) in [4.78, 5) is 1.41. The Morgan fingerprint density at radius 3 is 2.59 bits per heavy atom. The van der Waals surface area contributed by atoms with E-state index in [9.17, 15) is 0 Å². The fourth-order valence-electron chi connectivity index (χ4n) is 3.29. The van der Waals surface area contributed by atoms with Crippen molar-refractivity contribution in [1.29, 1.82) is 0 Å². The first-order valence-corrected chi connectivity index (χ1v) is 7.73. The molecule has 1 aliphatic carbocycles. The Kier molecular flexibility index (Phi) is 3.18. The average molecular weight is 247 g/mol. The van der Waals surface area contributed by atoms with Crippen LogP contribution in [0.4, 0.5) is 0 Å². The molecule has 0 amide bonds. The molecule has 1 nitrogen and oxygen atoms in total. The van der Waals surface area contributed by atoms with Crippen molar-refractivity contribution in [1.82, 2.24) is 5.32 Å². The molecule has 17 heavy (non-hydrogen) atoms. The smallest absolute Gasteiger partial charge is 0.00720 e. The molecule has 2 fully saturated rings. The molecule has 1 heterocycles. The van der Waals surface area contributed by atoms with Gasteiger partial charge in [0.05, 0.1) is 0 Å². The van der Waals surface area contributed by atoms with Crippen LogP contribution in [-0.2, 0) is 0 Å². The molecule has 2 heteroatoms. The minimum atomic E-state index is 0.668. The summed E-state index contributed by atoms with van der Waals surface area (Å²) in [5.41, 5.74) is 2.23. The summed E-state index contributed by atoms with van der Waals surface area (Å²) >= 11 is 1.93. The highest BCUT2D eigenvalue weighted by Crippen LogP contribution is 2.48. The summed E-state index contributed by atoms with van der Waals surface area (Å²) in [5, 5.41) is 3.44. The average Bonchev–Trinajstić information content (AvgIpc) is 2.75. The molecule has 0 bridgehead atoms. The minimum Gasteiger partial charge on any atom is -0.316 e. The molecule has 2 aliphatic rings. The van der Waals surface area contributed by atoms with Crippen LogP contribution in [0.1, 0.15) is 37.7 Å². The van der Waals surface area contributed by atoms with Crippen molar-refractivity contribution < 1.29 is 0 Å². The maximum atomic E-state index is 3.44. The van der Waals surface area contributed by atoms with Crippen molar-refractivity contribution in [2.45, 2.75) is 37.0 Å². The second-order valence-electron chi connectivity index (χ2n) is 5.55. The normalized spacial score (nSPS) is 26.1. The molecule has 3 rings (SSSR count). The zero-order valence-electron chi connectivity index (χ0n) is 10.5. The Labute approximate surface area is 108 Å². The topological polar surface area (TPSA) is 12.0 Å². The van der Waals surface area contributed by atoms with E-state index >= 15 is 0 Å². The van der Waals surface area contributed by atoms with Gasteiger partial charge in [-0.15, -0.1) is 11.8 Å². The molecule has 0 radical (unpaired) electrons. The van der Waals surface area contributed by atoms with E-state index in [1.165, 1.54) is 37.2 Å². The first-order chi connectivity index (χ1) is 8.31. The third-order valence-electron chi connectivity index (χ3n) is 4.37. The van der Waals surface area contributed by atoms with Crippen molar-refractivity contribution in [2.24, 2.45) is 5.41 Å². The Balaban J connectivity index is 1.68. The van der Waals surface area contributed by atoms with Gasteiger partial charge in [-0.2, -0.15) is 0 Å². The SMILES string of the molecule is CCSc1ccc(C2CCC3(CNC3)C2)cc1. The van der Waals surface area contributed by atoms with Crippen LogP contribution >= 0.6 is 11.8 Å². The molecule has 1 spiro atoms. The minimum absolute atomic E-state index is 0.668. The van der Waals surface area contributed by atoms with Crippen LogP contribution in [-0.4, -0.2) is 18.8 Å². The second kappa shape index (κ2) is 4.66. The summed E-state index contributed by atoms with van der Waals surface area (Å²) in [7, 11) is 0. The summed E-state index contributed by atoms with van der Waals surface area (Å²) in [5.74, 6) is 1.98. The molecular formula is C15H21NS. The largest absolute Gasteiger partial charge is 0.316 e. The molecule has 1 aromatic carbocycles. The molecule has 1 aromatic rings. The van der Waals surface area contributed by atoms with Gasteiger partial charge >= 0.3 is 0 Å². The number of benzene rings is 1. The van der Waals surface area contributed by atoms with Crippen LogP contribution in [0.5, 0.6) is 0 Å². The quantitative estimate of drug-likeness (QED) is 0.818. The van der Waals surface area contributed by atoms with Gasteiger partial charge in [0.2, 0.25) is 0 Å². The molecule has 1 saturated carbocycles. The highest BCUT2D eigenvalue weighted by molar-refractivity contribution is 7.99. The molecule has 1 N–H and O–H groups in total. The maximum absolute atomic E-state index is 3.44. The lowest BCUT2D eigenvalue weighted by Crippen LogP contribution is -2.51. The highest BCUT2D eigenvalue weighted by atomic mass is 32.2. The highest BCUT2D eigenvalue weighted by Gasteiger charge is 2.43. The maximum Gasteiger partial charge on any atom is 0.00720 e. The molecule has 1 atom stereocenters. The van der Waals surface area contributed by atoms with E-state index < -0.39 is 0 Å². The summed E-state index contributed by atoms with van der Waals surface area (Å²) in [6.07, 6.45) is 4.22. The fourth-order valence-corrected chi connectivity index (χ4v) is 3.96. The monoisotopic (exact) mass is 247 g/mol. The fraction of sp³-hybridized carbons (Fsp3) is 0.600. The Bertz CT molecular complexity index is 380. The van der Waals surface area contributed by atoms with Crippen LogP contribution in [0.25, 0.3) is 0 Å². The molecule has 1 aliphatic heterocycles. The third-order valence-corrected chi connectivity index (χ3v) is 5.26. The first kappa shape index (κ1) is 11.6. The van der Waals surface area contributed by atoms with E-state index in [0.717, 1.165) is 11.7 Å². The number of hydrogen-bond acceptors (Lipinski definition) is 2. The van der Waals surface area contributed by atoms with E-state index in [2.05, 4.69) is 36.5 Å². The van der Waals surface area contributed by atoms with Gasteiger partial charge in [0, 0.05) is 18.0 Å². The van der Waals surface area contributed by atoms with Crippen LogP contribution in [0.15, 0.2) is 29.2 Å². The third kappa shape index (κ3) is 2.25. The van der Waals surface area contributed by atoms with Crippen LogP contribution in [0.3, 0.4) is 0 Å². The number of rotatable bonds is 3. The van der Waals surface area contributed by atoms with Crippen molar-refractivity contribution in [3.63, 3.8) is 0 Å². The summed E-state index contributed by atoms with van der Waals surface area (Å²) in [6, 6.07) is 9.31. The lowest BCUT2D eigenvalue weighted by atomic mass is 9.79. The molecule has 1 saturated heterocycles. The standard InChI is InChI=1S/C15H21NS/c1-2-17-14-5-3-12(4-6-14)13-7-8-15(9-13)10-16-11-15/h3-6,13,16H,2,7-11H2,1H3. The molecule has 0 aromatic heterocycles. The molecular weight excluding hydrogens is 226 g/mol. The van der Waals surface area contributed by atoms with E-state index in [-0.39, 0.29) is 0 Å². The van der Waals surface area contributed by atoms with Crippen molar-refractivity contribution in [2.75, 3.05) is 18.8 Å². The van der Waals surface area contributed by atoms with Gasteiger partial charge in [0.15, 0.2) is 0 Å². The zero-order valence-corrected chi connectivity index (χ0v) is 11.4. The lowest BCUT2D eigenvalue weighted by Gasteiger charge is -2.39.